The van der Waals surface area contributed by atoms with Gasteiger partial charge in [-0.2, -0.15) is 0 Å². The minimum absolute atomic E-state index is 0.0845. The second kappa shape index (κ2) is 6.72. The van der Waals surface area contributed by atoms with Crippen molar-refractivity contribution < 1.29 is 5.11 Å². The molecule has 2 rings (SSSR count). The molecule has 2 unspecified atom stereocenters. The van der Waals surface area contributed by atoms with Crippen molar-refractivity contribution in [3.63, 3.8) is 0 Å². The fourth-order valence-corrected chi connectivity index (χ4v) is 3.27. The Morgan fingerprint density at radius 3 is 2.41 bits per heavy atom. The molecule has 2 aliphatic rings. The van der Waals surface area contributed by atoms with E-state index in [1.165, 1.54) is 51.6 Å². The lowest BCUT2D eigenvalue weighted by Gasteiger charge is -2.35. The molecule has 0 bridgehead atoms. The summed E-state index contributed by atoms with van der Waals surface area (Å²) in [4.78, 5) is 4.97. The maximum Gasteiger partial charge on any atom is 0.0695 e. The molecular formula is C14H28N2O. The molecule has 1 saturated carbocycles. The monoisotopic (exact) mass is 240 g/mol. The normalized spacial score (nSPS) is 34.9. The van der Waals surface area contributed by atoms with Crippen molar-refractivity contribution in [1.29, 1.82) is 0 Å². The summed E-state index contributed by atoms with van der Waals surface area (Å²) in [6, 6.07) is 0.432. The summed E-state index contributed by atoms with van der Waals surface area (Å²) in [5.74, 6) is 0. The molecule has 17 heavy (non-hydrogen) atoms. The van der Waals surface area contributed by atoms with Crippen LogP contribution in [0.2, 0.25) is 0 Å². The smallest absolute Gasteiger partial charge is 0.0695 e. The van der Waals surface area contributed by atoms with Crippen LogP contribution in [0, 0.1) is 0 Å². The first kappa shape index (κ1) is 13.3. The first-order chi connectivity index (χ1) is 8.27. The molecular weight excluding hydrogens is 212 g/mol. The van der Waals surface area contributed by atoms with Gasteiger partial charge in [0.1, 0.15) is 0 Å². The lowest BCUT2D eigenvalue weighted by molar-refractivity contribution is 0.0333. The highest BCUT2D eigenvalue weighted by Gasteiger charge is 2.27. The Balaban J connectivity index is 1.92. The van der Waals surface area contributed by atoms with Crippen molar-refractivity contribution in [2.45, 2.75) is 57.1 Å². The minimum Gasteiger partial charge on any atom is -0.391 e. The maximum atomic E-state index is 10.3. The Morgan fingerprint density at radius 1 is 0.824 bits per heavy atom. The van der Waals surface area contributed by atoms with Gasteiger partial charge in [-0.25, -0.2) is 0 Å². The molecule has 0 spiro atoms. The van der Waals surface area contributed by atoms with E-state index in [0.29, 0.717) is 6.04 Å². The zero-order valence-corrected chi connectivity index (χ0v) is 11.3. The van der Waals surface area contributed by atoms with Gasteiger partial charge in [-0.05, 0) is 39.4 Å². The predicted molar refractivity (Wildman–Crippen MR) is 71.2 cm³/mol. The summed E-state index contributed by atoms with van der Waals surface area (Å²) in [6.45, 7) is 4.67. The molecule has 0 aromatic carbocycles. The molecule has 3 nitrogen and oxygen atoms in total. The van der Waals surface area contributed by atoms with E-state index in [-0.39, 0.29) is 6.10 Å². The number of aliphatic hydroxyl groups excluding tert-OH is 1. The van der Waals surface area contributed by atoms with Gasteiger partial charge in [0.05, 0.1) is 6.10 Å². The van der Waals surface area contributed by atoms with Crippen LogP contribution in [-0.2, 0) is 0 Å². The second-order valence-electron chi connectivity index (χ2n) is 5.82. The number of hydrogen-bond donors (Lipinski definition) is 1. The van der Waals surface area contributed by atoms with E-state index in [2.05, 4.69) is 16.8 Å². The third-order valence-electron chi connectivity index (χ3n) is 4.42. The number of hydrogen-bond acceptors (Lipinski definition) is 3. The molecule has 0 aromatic rings. The Kier molecular flexibility index (Phi) is 5.26. The van der Waals surface area contributed by atoms with Crippen LogP contribution < -0.4 is 0 Å². The fraction of sp³-hybridized carbons (Fsp3) is 1.00. The van der Waals surface area contributed by atoms with Crippen molar-refractivity contribution in [3.05, 3.63) is 0 Å². The lowest BCUT2D eigenvalue weighted by atomic mass is 9.93. The van der Waals surface area contributed by atoms with E-state index in [1.54, 1.807) is 0 Å². The van der Waals surface area contributed by atoms with E-state index in [9.17, 15) is 5.11 Å². The van der Waals surface area contributed by atoms with Crippen molar-refractivity contribution in [2.24, 2.45) is 0 Å². The average Bonchev–Trinajstić information content (AvgIpc) is 2.50. The summed E-state index contributed by atoms with van der Waals surface area (Å²) in [5, 5.41) is 10.3. The van der Waals surface area contributed by atoms with Crippen molar-refractivity contribution in [3.8, 4) is 0 Å². The fourth-order valence-electron chi connectivity index (χ4n) is 3.27. The topological polar surface area (TPSA) is 26.7 Å². The quantitative estimate of drug-likeness (QED) is 0.756. The van der Waals surface area contributed by atoms with Gasteiger partial charge in [-0.3, -0.25) is 4.90 Å². The Labute approximate surface area is 106 Å². The minimum atomic E-state index is -0.0845. The van der Waals surface area contributed by atoms with Crippen LogP contribution in [0.15, 0.2) is 0 Å². The van der Waals surface area contributed by atoms with Crippen molar-refractivity contribution in [2.75, 3.05) is 33.2 Å². The van der Waals surface area contributed by atoms with E-state index in [1.807, 2.05) is 0 Å². The zero-order chi connectivity index (χ0) is 12.1. The second-order valence-corrected chi connectivity index (χ2v) is 5.82. The molecule has 1 saturated heterocycles. The van der Waals surface area contributed by atoms with Gasteiger partial charge in [0.25, 0.3) is 0 Å². The average molecular weight is 240 g/mol. The summed E-state index contributed by atoms with van der Waals surface area (Å²) in [6.07, 6.45) is 8.56. The first-order valence-electron chi connectivity index (χ1n) is 7.38. The number of likely N-dealkylation sites (N-methyl/N-ethyl adjacent to an activating group) is 1. The highest BCUT2D eigenvalue weighted by molar-refractivity contribution is 4.82. The van der Waals surface area contributed by atoms with Crippen LogP contribution in [0.25, 0.3) is 0 Å². The number of nitrogens with zero attached hydrogens (tertiary/aromatic N) is 2. The molecule has 1 N–H and O–H groups in total. The number of rotatable bonds is 1. The zero-order valence-electron chi connectivity index (χ0n) is 11.3. The summed E-state index contributed by atoms with van der Waals surface area (Å²) < 4.78 is 0. The molecule has 100 valence electrons. The van der Waals surface area contributed by atoms with Gasteiger partial charge < -0.3 is 10.0 Å². The molecule has 2 fully saturated rings. The van der Waals surface area contributed by atoms with Gasteiger partial charge in [0.15, 0.2) is 0 Å². The van der Waals surface area contributed by atoms with Gasteiger partial charge in [-0.15, -0.1) is 0 Å². The first-order valence-corrected chi connectivity index (χ1v) is 7.38. The molecule has 1 heterocycles. The van der Waals surface area contributed by atoms with E-state index in [4.69, 9.17) is 0 Å². The van der Waals surface area contributed by atoms with Gasteiger partial charge >= 0.3 is 0 Å². The SMILES string of the molecule is CN1CCCN(C2CCCCCCC2O)CC1. The van der Waals surface area contributed by atoms with Crippen molar-refractivity contribution >= 4 is 0 Å². The Hall–Kier alpha value is -0.120. The van der Waals surface area contributed by atoms with Crippen LogP contribution >= 0.6 is 0 Å². The highest BCUT2D eigenvalue weighted by atomic mass is 16.3. The molecule has 2 atom stereocenters. The molecule has 1 aliphatic heterocycles. The number of aliphatic hydroxyl groups is 1. The van der Waals surface area contributed by atoms with Crippen LogP contribution in [0.4, 0.5) is 0 Å². The van der Waals surface area contributed by atoms with Crippen LogP contribution in [0.1, 0.15) is 44.9 Å². The summed E-state index contributed by atoms with van der Waals surface area (Å²) in [5.41, 5.74) is 0. The summed E-state index contributed by atoms with van der Waals surface area (Å²) >= 11 is 0. The van der Waals surface area contributed by atoms with Gasteiger partial charge in [-0.1, -0.05) is 25.7 Å². The largest absolute Gasteiger partial charge is 0.391 e. The maximum absolute atomic E-state index is 10.3. The molecule has 0 aromatic heterocycles. The van der Waals surface area contributed by atoms with E-state index in [0.717, 1.165) is 19.5 Å². The van der Waals surface area contributed by atoms with E-state index < -0.39 is 0 Å². The standard InChI is InChI=1S/C14H28N2O/c1-15-9-6-10-16(12-11-15)13-7-4-2-3-5-8-14(13)17/h13-14,17H,2-12H2,1H3. The van der Waals surface area contributed by atoms with Gasteiger partial charge in [0.2, 0.25) is 0 Å². The van der Waals surface area contributed by atoms with Crippen LogP contribution in [-0.4, -0.2) is 60.3 Å². The predicted octanol–water partition coefficient (Wildman–Crippen LogP) is 1.71. The summed E-state index contributed by atoms with van der Waals surface area (Å²) in [7, 11) is 2.21. The van der Waals surface area contributed by atoms with Crippen LogP contribution in [0.5, 0.6) is 0 Å². The van der Waals surface area contributed by atoms with E-state index >= 15 is 0 Å². The molecule has 1 aliphatic carbocycles. The molecule has 3 heteroatoms. The third kappa shape index (κ3) is 3.94. The highest BCUT2D eigenvalue weighted by Crippen LogP contribution is 2.22. The Morgan fingerprint density at radius 2 is 1.59 bits per heavy atom. The van der Waals surface area contributed by atoms with Crippen molar-refractivity contribution in [1.82, 2.24) is 9.80 Å². The lowest BCUT2D eigenvalue weighted by Crippen LogP contribution is -2.45. The molecule has 0 radical (unpaired) electrons. The molecule has 0 amide bonds. The Bertz CT molecular complexity index is 222. The van der Waals surface area contributed by atoms with Crippen LogP contribution in [0.3, 0.4) is 0 Å². The van der Waals surface area contributed by atoms with Gasteiger partial charge in [0, 0.05) is 19.1 Å². The third-order valence-corrected chi connectivity index (χ3v) is 4.42.